The van der Waals surface area contributed by atoms with E-state index in [4.69, 9.17) is 4.18 Å². The molecule has 0 amide bonds. The molecule has 0 spiro atoms. The zero-order chi connectivity index (χ0) is 27.0. The number of carbonyl (C=O) groups is 1. The van der Waals surface area contributed by atoms with Gasteiger partial charge in [0.1, 0.15) is 5.56 Å². The smallest absolute Gasteiger partial charge is 0.355 e. The molecular weight excluding hydrogens is 507 g/mol. The van der Waals surface area contributed by atoms with Crippen LogP contribution in [-0.2, 0) is 9.60 Å². The molecule has 8 heteroatoms. The van der Waals surface area contributed by atoms with Crippen molar-refractivity contribution in [3.8, 4) is 0 Å². The Hall–Kier alpha value is -3.65. The number of halogens is 5. The summed E-state index contributed by atoms with van der Waals surface area (Å²) in [6.07, 6.45) is 0. The van der Waals surface area contributed by atoms with Crippen molar-refractivity contribution in [3.63, 3.8) is 0 Å². The maximum Gasteiger partial charge on any atom is 0.355 e. The Morgan fingerprint density at radius 2 is 0.973 bits per heavy atom. The summed E-state index contributed by atoms with van der Waals surface area (Å²) in [4.78, 5) is 14.8. The average Bonchev–Trinajstić information content (AvgIpc) is 2.90. The van der Waals surface area contributed by atoms with E-state index in [9.17, 15) is 26.7 Å². The quantitative estimate of drug-likeness (QED) is 0.147. The zero-order valence-corrected chi connectivity index (χ0v) is 21.0. The van der Waals surface area contributed by atoms with Crippen LogP contribution in [0.5, 0.6) is 0 Å². The van der Waals surface area contributed by atoms with Crippen molar-refractivity contribution in [1.82, 2.24) is 0 Å². The molecular formula is C29H23F5O2S. The molecule has 0 fully saturated rings. The van der Waals surface area contributed by atoms with Gasteiger partial charge in [-0.05, 0) is 57.7 Å². The van der Waals surface area contributed by atoms with Crippen LogP contribution in [0.1, 0.15) is 36.7 Å². The highest BCUT2D eigenvalue weighted by Crippen LogP contribution is 2.69. The van der Waals surface area contributed by atoms with Crippen LogP contribution in [0.2, 0.25) is 0 Å². The van der Waals surface area contributed by atoms with Crippen molar-refractivity contribution in [1.29, 1.82) is 0 Å². The standard InChI is InChI=1S/C29H23F5O2S/c1-29(2,3)18-14-16-21(17-15-18)37(19-10-6-4-7-11-19,20-12-8-5-9-13-20)36-28(35)22-23(30)25(32)27(34)26(33)24(22)31/h4-17H,1-3H3. The van der Waals surface area contributed by atoms with Gasteiger partial charge in [-0.2, -0.15) is 0 Å². The third-order valence-corrected chi connectivity index (χ3v) is 9.03. The van der Waals surface area contributed by atoms with Gasteiger partial charge in [0.05, 0.1) is 0 Å². The Labute approximate surface area is 213 Å². The van der Waals surface area contributed by atoms with E-state index in [-0.39, 0.29) is 5.41 Å². The van der Waals surface area contributed by atoms with E-state index in [2.05, 4.69) is 0 Å². The van der Waals surface area contributed by atoms with Gasteiger partial charge in [0.15, 0.2) is 23.3 Å². The van der Waals surface area contributed by atoms with Crippen molar-refractivity contribution < 1.29 is 30.9 Å². The summed E-state index contributed by atoms with van der Waals surface area (Å²) < 4.78 is 76.7. The Balaban J connectivity index is 2.00. The minimum atomic E-state index is -3.03. The highest BCUT2D eigenvalue weighted by Gasteiger charge is 2.39. The van der Waals surface area contributed by atoms with Crippen molar-refractivity contribution in [2.75, 3.05) is 0 Å². The lowest BCUT2D eigenvalue weighted by Gasteiger charge is -2.40. The van der Waals surface area contributed by atoms with Gasteiger partial charge < -0.3 is 4.18 Å². The summed E-state index contributed by atoms with van der Waals surface area (Å²) >= 11 is 0. The third kappa shape index (κ3) is 4.73. The van der Waals surface area contributed by atoms with Gasteiger partial charge in [-0.3, -0.25) is 0 Å². The molecule has 0 bridgehead atoms. The normalized spacial score (nSPS) is 12.3. The van der Waals surface area contributed by atoms with Gasteiger partial charge in [0, 0.05) is 14.7 Å². The van der Waals surface area contributed by atoms with Crippen LogP contribution in [-0.4, -0.2) is 5.97 Å². The van der Waals surface area contributed by atoms with Crippen LogP contribution in [0.4, 0.5) is 22.0 Å². The van der Waals surface area contributed by atoms with E-state index in [0.717, 1.165) is 5.56 Å². The molecule has 0 unspecified atom stereocenters. The van der Waals surface area contributed by atoms with Crippen molar-refractivity contribution in [2.45, 2.75) is 40.9 Å². The minimum absolute atomic E-state index is 0.192. The molecule has 0 radical (unpaired) electrons. The third-order valence-electron chi connectivity index (χ3n) is 5.82. The van der Waals surface area contributed by atoms with E-state index < -0.39 is 50.9 Å². The van der Waals surface area contributed by atoms with E-state index >= 15 is 0 Å². The summed E-state index contributed by atoms with van der Waals surface area (Å²) in [5.41, 5.74) is -0.856. The molecule has 192 valence electrons. The fourth-order valence-electron chi connectivity index (χ4n) is 3.86. The highest BCUT2D eigenvalue weighted by molar-refractivity contribution is 8.30. The number of carbonyl (C=O) groups excluding carboxylic acids is 1. The first kappa shape index (κ1) is 26.4. The van der Waals surface area contributed by atoms with Crippen molar-refractivity contribution >= 4 is 16.3 Å². The second-order valence-electron chi connectivity index (χ2n) is 9.27. The molecule has 0 saturated carbocycles. The van der Waals surface area contributed by atoms with Gasteiger partial charge in [-0.25, -0.2) is 26.7 Å². The van der Waals surface area contributed by atoms with Crippen LogP contribution >= 0.6 is 10.3 Å². The SMILES string of the molecule is CC(C)(C)c1ccc(S(OC(=O)c2c(F)c(F)c(F)c(F)c2F)(c2ccccc2)c2ccccc2)cc1. The van der Waals surface area contributed by atoms with E-state index in [0.29, 0.717) is 14.7 Å². The Morgan fingerprint density at radius 3 is 1.38 bits per heavy atom. The summed E-state index contributed by atoms with van der Waals surface area (Å²) in [6.45, 7) is 6.08. The second kappa shape index (κ2) is 10.0. The van der Waals surface area contributed by atoms with Gasteiger partial charge >= 0.3 is 5.97 Å². The molecule has 4 aromatic carbocycles. The highest BCUT2D eigenvalue weighted by atomic mass is 32.3. The molecule has 2 nitrogen and oxygen atoms in total. The maximum absolute atomic E-state index is 14.6. The molecule has 0 aliphatic carbocycles. The topological polar surface area (TPSA) is 26.3 Å². The van der Waals surface area contributed by atoms with Crippen LogP contribution < -0.4 is 0 Å². The van der Waals surface area contributed by atoms with Gasteiger partial charge in [0.25, 0.3) is 0 Å². The number of hydrogen-bond acceptors (Lipinski definition) is 2. The fourth-order valence-corrected chi connectivity index (χ4v) is 6.88. The first-order chi connectivity index (χ1) is 17.5. The number of hydrogen-bond donors (Lipinski definition) is 0. The van der Waals surface area contributed by atoms with Gasteiger partial charge in [-0.1, -0.05) is 69.3 Å². The first-order valence-corrected chi connectivity index (χ1v) is 12.8. The molecule has 0 aliphatic rings. The summed E-state index contributed by atoms with van der Waals surface area (Å²) in [7, 11) is -3.03. The lowest BCUT2D eigenvalue weighted by atomic mass is 9.87. The van der Waals surface area contributed by atoms with Crippen molar-refractivity contribution in [2.24, 2.45) is 0 Å². The minimum Gasteiger partial charge on any atom is -0.398 e. The Kier molecular flexibility index (Phi) is 7.15. The Morgan fingerprint density at radius 1 is 0.595 bits per heavy atom. The lowest BCUT2D eigenvalue weighted by Crippen LogP contribution is -2.19. The largest absolute Gasteiger partial charge is 0.398 e. The van der Waals surface area contributed by atoms with Gasteiger partial charge in [-0.15, -0.1) is 0 Å². The molecule has 0 aromatic heterocycles. The molecule has 0 aliphatic heterocycles. The molecule has 4 aromatic rings. The van der Waals surface area contributed by atoms with E-state index in [1.54, 1.807) is 72.8 Å². The summed E-state index contributed by atoms with van der Waals surface area (Å²) in [6, 6.07) is 24.3. The van der Waals surface area contributed by atoms with Crippen LogP contribution in [0.15, 0.2) is 99.6 Å². The van der Waals surface area contributed by atoms with E-state index in [1.807, 2.05) is 32.9 Å². The predicted octanol–water partition coefficient (Wildman–Crippen LogP) is 8.73. The van der Waals surface area contributed by atoms with Crippen LogP contribution in [0.3, 0.4) is 0 Å². The zero-order valence-electron chi connectivity index (χ0n) is 20.2. The molecule has 0 heterocycles. The van der Waals surface area contributed by atoms with Crippen LogP contribution in [0.25, 0.3) is 0 Å². The predicted molar refractivity (Wildman–Crippen MR) is 132 cm³/mol. The van der Waals surface area contributed by atoms with Crippen molar-refractivity contribution in [3.05, 3.63) is 125 Å². The fraction of sp³-hybridized carbons (Fsp3) is 0.138. The van der Waals surface area contributed by atoms with Crippen LogP contribution in [0, 0.1) is 29.1 Å². The molecule has 4 rings (SSSR count). The number of benzene rings is 4. The number of rotatable bonds is 5. The Bertz CT molecular complexity index is 1370. The average molecular weight is 531 g/mol. The second-order valence-corrected chi connectivity index (χ2v) is 12.0. The molecule has 0 saturated heterocycles. The van der Waals surface area contributed by atoms with Gasteiger partial charge in [0.2, 0.25) is 5.82 Å². The summed E-state index contributed by atoms with van der Waals surface area (Å²) in [5, 5.41) is 0. The first-order valence-electron chi connectivity index (χ1n) is 11.3. The molecule has 0 N–H and O–H groups in total. The molecule has 0 atom stereocenters. The molecule has 37 heavy (non-hydrogen) atoms. The maximum atomic E-state index is 14.6. The summed E-state index contributed by atoms with van der Waals surface area (Å²) in [5.74, 6) is -13.0. The lowest BCUT2D eigenvalue weighted by molar-refractivity contribution is 0.0743. The van der Waals surface area contributed by atoms with E-state index in [1.165, 1.54) is 0 Å². The monoisotopic (exact) mass is 530 g/mol.